The van der Waals surface area contributed by atoms with Crippen LogP contribution in [0.1, 0.15) is 16.1 Å². The second-order valence-electron chi connectivity index (χ2n) is 5.88. The molecular formula is C20H15BrN4O2. The van der Waals surface area contributed by atoms with Gasteiger partial charge in [0.2, 0.25) is 5.95 Å². The van der Waals surface area contributed by atoms with Gasteiger partial charge in [-0.25, -0.2) is 9.67 Å². The van der Waals surface area contributed by atoms with Crippen LogP contribution in [0.15, 0.2) is 82.1 Å². The van der Waals surface area contributed by atoms with Crippen molar-refractivity contribution in [3.05, 3.63) is 89.1 Å². The van der Waals surface area contributed by atoms with E-state index in [2.05, 4.69) is 31.3 Å². The third-order valence-corrected chi connectivity index (χ3v) is 4.50. The Bertz CT molecular complexity index is 1060. The lowest BCUT2D eigenvalue weighted by molar-refractivity contribution is 0.0996. The average molecular weight is 423 g/mol. The van der Waals surface area contributed by atoms with E-state index in [1.165, 1.54) is 6.26 Å². The number of hydrogen-bond donors (Lipinski definition) is 1. The zero-order valence-electron chi connectivity index (χ0n) is 14.2. The van der Waals surface area contributed by atoms with Crippen molar-refractivity contribution in [3.63, 3.8) is 0 Å². The van der Waals surface area contributed by atoms with Gasteiger partial charge in [-0.1, -0.05) is 58.4 Å². The monoisotopic (exact) mass is 422 g/mol. The summed E-state index contributed by atoms with van der Waals surface area (Å²) in [5.41, 5.74) is 2.71. The van der Waals surface area contributed by atoms with Crippen molar-refractivity contribution in [1.82, 2.24) is 14.8 Å². The highest BCUT2D eigenvalue weighted by Crippen LogP contribution is 2.25. The van der Waals surface area contributed by atoms with Crippen LogP contribution in [0.4, 0.5) is 5.95 Å². The summed E-state index contributed by atoms with van der Waals surface area (Å²) in [5.74, 6) is 0.0678. The maximum atomic E-state index is 12.6. The molecule has 4 aromatic rings. The molecule has 2 aromatic carbocycles. The van der Waals surface area contributed by atoms with Gasteiger partial charge in [0.15, 0.2) is 5.76 Å². The minimum absolute atomic E-state index is 0.227. The Morgan fingerprint density at radius 1 is 1.07 bits per heavy atom. The molecule has 7 heteroatoms. The van der Waals surface area contributed by atoms with Crippen molar-refractivity contribution in [2.24, 2.45) is 0 Å². The van der Waals surface area contributed by atoms with Crippen molar-refractivity contribution in [1.29, 1.82) is 0 Å². The number of carbonyl (C=O) groups excluding carboxylic acids is 1. The third-order valence-electron chi connectivity index (χ3n) is 3.98. The highest BCUT2D eigenvalue weighted by Gasteiger charge is 2.18. The average Bonchev–Trinajstić information content (AvgIpc) is 3.34. The quantitative estimate of drug-likeness (QED) is 0.509. The third kappa shape index (κ3) is 3.98. The largest absolute Gasteiger partial charge is 0.459 e. The molecule has 0 bridgehead atoms. The highest BCUT2D eigenvalue weighted by molar-refractivity contribution is 9.10. The number of hydrogen-bond acceptors (Lipinski definition) is 4. The molecule has 0 aliphatic heterocycles. The fraction of sp³-hybridized carbons (Fsp3) is 0.0500. The van der Waals surface area contributed by atoms with Crippen LogP contribution in [-0.4, -0.2) is 20.7 Å². The number of rotatable bonds is 5. The van der Waals surface area contributed by atoms with Gasteiger partial charge in [-0.3, -0.25) is 10.1 Å². The molecule has 0 aliphatic rings. The molecule has 0 unspecified atom stereocenters. The summed E-state index contributed by atoms with van der Waals surface area (Å²) in [6, 6.07) is 19.3. The predicted molar refractivity (Wildman–Crippen MR) is 105 cm³/mol. The number of aromatic nitrogens is 3. The molecule has 6 nitrogen and oxygen atoms in total. The van der Waals surface area contributed by atoms with Crippen LogP contribution in [0, 0.1) is 0 Å². The summed E-state index contributed by atoms with van der Waals surface area (Å²) < 4.78 is 8.07. The Morgan fingerprint density at radius 2 is 1.85 bits per heavy atom. The number of halogens is 1. The van der Waals surface area contributed by atoms with Crippen LogP contribution in [0.5, 0.6) is 0 Å². The topological polar surface area (TPSA) is 73.0 Å². The number of carbonyl (C=O) groups is 1. The smallest absolute Gasteiger partial charge is 0.294 e. The van der Waals surface area contributed by atoms with E-state index >= 15 is 0 Å². The zero-order chi connectivity index (χ0) is 18.6. The molecule has 0 radical (unpaired) electrons. The van der Waals surface area contributed by atoms with Crippen LogP contribution in [-0.2, 0) is 6.54 Å². The molecule has 0 atom stereocenters. The maximum absolute atomic E-state index is 12.6. The summed E-state index contributed by atoms with van der Waals surface area (Å²) in [7, 11) is 0. The fourth-order valence-electron chi connectivity index (χ4n) is 2.69. The lowest BCUT2D eigenvalue weighted by Crippen LogP contribution is -2.13. The van der Waals surface area contributed by atoms with Crippen molar-refractivity contribution in [2.45, 2.75) is 6.54 Å². The van der Waals surface area contributed by atoms with E-state index in [9.17, 15) is 4.79 Å². The first-order chi connectivity index (χ1) is 13.2. The molecule has 27 heavy (non-hydrogen) atoms. The molecular weight excluding hydrogens is 408 g/mol. The predicted octanol–water partition coefficient (Wildman–Crippen LogP) is 4.60. The van der Waals surface area contributed by atoms with Crippen LogP contribution in [0.3, 0.4) is 0 Å². The standard InChI is InChI=1S/C20H15BrN4O2/c21-16-8-6-14(7-9-16)12-25-13-22-20(24-25)23-19(26)18-17(10-11-27-18)15-4-2-1-3-5-15/h1-11,13H,12H2,(H,23,24,26). The van der Waals surface area contributed by atoms with Crippen molar-refractivity contribution in [3.8, 4) is 11.1 Å². The number of amides is 1. The molecule has 134 valence electrons. The second kappa shape index (κ2) is 7.59. The number of benzene rings is 2. The van der Waals surface area contributed by atoms with Gasteiger partial charge in [0.1, 0.15) is 6.33 Å². The van der Waals surface area contributed by atoms with Gasteiger partial charge in [-0.2, -0.15) is 0 Å². The summed E-state index contributed by atoms with van der Waals surface area (Å²) >= 11 is 3.41. The van der Waals surface area contributed by atoms with Gasteiger partial charge in [-0.05, 0) is 29.3 Å². The fourth-order valence-corrected chi connectivity index (χ4v) is 2.96. The van der Waals surface area contributed by atoms with Crippen molar-refractivity contribution >= 4 is 27.8 Å². The Kier molecular flexibility index (Phi) is 4.84. The van der Waals surface area contributed by atoms with E-state index in [1.54, 1.807) is 17.1 Å². The van der Waals surface area contributed by atoms with Gasteiger partial charge in [0.25, 0.3) is 5.91 Å². The molecule has 2 aromatic heterocycles. The lowest BCUT2D eigenvalue weighted by atomic mass is 10.1. The first-order valence-electron chi connectivity index (χ1n) is 8.27. The van der Waals surface area contributed by atoms with Gasteiger partial charge in [0, 0.05) is 10.0 Å². The van der Waals surface area contributed by atoms with Crippen molar-refractivity contribution in [2.75, 3.05) is 5.32 Å². The second-order valence-corrected chi connectivity index (χ2v) is 6.79. The summed E-state index contributed by atoms with van der Waals surface area (Å²) in [4.78, 5) is 16.7. The summed E-state index contributed by atoms with van der Waals surface area (Å²) in [6.45, 7) is 0.562. The number of nitrogens with zero attached hydrogens (tertiary/aromatic N) is 3. The number of furan rings is 1. The van der Waals surface area contributed by atoms with Gasteiger partial charge in [0.05, 0.1) is 12.8 Å². The molecule has 0 aliphatic carbocycles. The molecule has 1 amide bonds. The van der Waals surface area contributed by atoms with E-state index in [0.29, 0.717) is 6.54 Å². The highest BCUT2D eigenvalue weighted by atomic mass is 79.9. The molecule has 0 spiro atoms. The van der Waals surface area contributed by atoms with Crippen LogP contribution in [0.25, 0.3) is 11.1 Å². The molecule has 4 rings (SSSR count). The molecule has 0 saturated heterocycles. The molecule has 0 saturated carbocycles. The Morgan fingerprint density at radius 3 is 2.63 bits per heavy atom. The normalized spacial score (nSPS) is 10.7. The molecule has 0 fully saturated rings. The minimum atomic E-state index is -0.389. The number of nitrogens with one attached hydrogen (secondary N) is 1. The van der Waals surface area contributed by atoms with Gasteiger partial charge < -0.3 is 4.42 Å². The first-order valence-corrected chi connectivity index (χ1v) is 9.06. The van der Waals surface area contributed by atoms with Crippen LogP contribution < -0.4 is 5.32 Å². The van der Waals surface area contributed by atoms with Gasteiger partial charge >= 0.3 is 0 Å². The minimum Gasteiger partial charge on any atom is -0.459 e. The van der Waals surface area contributed by atoms with Crippen molar-refractivity contribution < 1.29 is 9.21 Å². The van der Waals surface area contributed by atoms with Crippen LogP contribution in [0.2, 0.25) is 0 Å². The maximum Gasteiger partial charge on any atom is 0.294 e. The van der Waals surface area contributed by atoms with E-state index in [0.717, 1.165) is 21.2 Å². The summed E-state index contributed by atoms with van der Waals surface area (Å²) in [5, 5.41) is 6.99. The van der Waals surface area contributed by atoms with E-state index in [4.69, 9.17) is 4.42 Å². The molecule has 1 N–H and O–H groups in total. The SMILES string of the molecule is O=C(Nc1ncn(Cc2ccc(Br)cc2)n1)c1occc1-c1ccccc1. The molecule has 2 heterocycles. The van der Waals surface area contributed by atoms with Gasteiger partial charge in [-0.15, -0.1) is 5.10 Å². The first kappa shape index (κ1) is 17.2. The van der Waals surface area contributed by atoms with E-state index in [-0.39, 0.29) is 17.6 Å². The zero-order valence-corrected chi connectivity index (χ0v) is 15.8. The van der Waals surface area contributed by atoms with Crippen LogP contribution >= 0.6 is 15.9 Å². The van der Waals surface area contributed by atoms with E-state index in [1.807, 2.05) is 54.6 Å². The summed E-state index contributed by atoms with van der Waals surface area (Å²) in [6.07, 6.45) is 3.08. The Hall–Kier alpha value is -3.19. The Labute approximate surface area is 164 Å². The van der Waals surface area contributed by atoms with E-state index < -0.39 is 0 Å². The lowest BCUT2D eigenvalue weighted by Gasteiger charge is -2.03. The Balaban J connectivity index is 1.47. The number of anilines is 1.